The van der Waals surface area contributed by atoms with E-state index in [0.29, 0.717) is 51.5 Å². The van der Waals surface area contributed by atoms with Crippen molar-refractivity contribution in [1.29, 1.82) is 0 Å². The zero-order chi connectivity index (χ0) is 25.9. The van der Waals surface area contributed by atoms with Crippen molar-refractivity contribution in [3.63, 3.8) is 0 Å². The highest BCUT2D eigenvalue weighted by atomic mass is 16.5. The first-order valence-electron chi connectivity index (χ1n) is 11.5. The Hall–Kier alpha value is -4.86. The van der Waals surface area contributed by atoms with E-state index < -0.39 is 6.04 Å². The maximum atomic E-state index is 13.6. The molecule has 0 bridgehead atoms. The van der Waals surface area contributed by atoms with E-state index in [2.05, 4.69) is 15.6 Å². The number of aromatic nitrogens is 4. The fraction of sp³-hybridized carbons (Fsp3) is 0.185. The molecule has 0 spiro atoms. The number of carbonyl (C=O) groups excluding carboxylic acids is 1. The molecule has 188 valence electrons. The summed E-state index contributed by atoms with van der Waals surface area (Å²) in [5.41, 5.74) is 3.32. The molecule has 3 heterocycles. The van der Waals surface area contributed by atoms with Gasteiger partial charge in [-0.15, -0.1) is 5.10 Å². The van der Waals surface area contributed by atoms with E-state index in [1.807, 2.05) is 43.3 Å². The van der Waals surface area contributed by atoms with Crippen LogP contribution in [0.3, 0.4) is 0 Å². The molecule has 1 amide bonds. The second-order valence-corrected chi connectivity index (χ2v) is 8.34. The van der Waals surface area contributed by atoms with Crippen LogP contribution >= 0.6 is 0 Å². The van der Waals surface area contributed by atoms with Crippen LogP contribution in [0.4, 0.5) is 11.6 Å². The van der Waals surface area contributed by atoms with Gasteiger partial charge in [0.25, 0.3) is 5.91 Å². The topological polar surface area (TPSA) is 112 Å². The third kappa shape index (κ3) is 4.68. The number of allylic oxidation sites excluding steroid dienone is 1. The minimum absolute atomic E-state index is 0.274. The SMILES string of the molecule is COc1ccc(C2C(C(=O)Nc3cccnc3)=C(C)Nc3nc(-c4cc(OC)cc(OC)c4)nn32)cc1. The van der Waals surface area contributed by atoms with Crippen molar-refractivity contribution in [2.75, 3.05) is 32.0 Å². The van der Waals surface area contributed by atoms with Gasteiger partial charge in [-0.3, -0.25) is 9.78 Å². The molecular weight excluding hydrogens is 472 g/mol. The maximum Gasteiger partial charge on any atom is 0.255 e. The summed E-state index contributed by atoms with van der Waals surface area (Å²) in [6.07, 6.45) is 3.25. The molecule has 0 fully saturated rings. The van der Waals surface area contributed by atoms with Crippen molar-refractivity contribution in [2.24, 2.45) is 0 Å². The Kier molecular flexibility index (Phi) is 6.46. The molecule has 0 saturated carbocycles. The number of pyridine rings is 1. The van der Waals surface area contributed by atoms with Gasteiger partial charge in [0.05, 0.1) is 38.8 Å². The number of benzene rings is 2. The second-order valence-electron chi connectivity index (χ2n) is 8.34. The van der Waals surface area contributed by atoms with Gasteiger partial charge < -0.3 is 24.8 Å². The van der Waals surface area contributed by atoms with Crippen LogP contribution in [-0.4, -0.2) is 47.0 Å². The Morgan fingerprint density at radius 2 is 1.68 bits per heavy atom. The monoisotopic (exact) mass is 498 g/mol. The molecular formula is C27H26N6O4. The van der Waals surface area contributed by atoms with Gasteiger partial charge in [0.15, 0.2) is 5.82 Å². The summed E-state index contributed by atoms with van der Waals surface area (Å²) < 4.78 is 17.9. The van der Waals surface area contributed by atoms with Crippen molar-refractivity contribution < 1.29 is 19.0 Å². The van der Waals surface area contributed by atoms with Crippen LogP contribution in [0.2, 0.25) is 0 Å². The highest BCUT2D eigenvalue weighted by Crippen LogP contribution is 2.38. The van der Waals surface area contributed by atoms with E-state index in [9.17, 15) is 4.79 Å². The Morgan fingerprint density at radius 1 is 0.973 bits per heavy atom. The molecule has 2 aromatic carbocycles. The lowest BCUT2D eigenvalue weighted by atomic mass is 9.95. The van der Waals surface area contributed by atoms with Crippen molar-refractivity contribution in [1.82, 2.24) is 19.7 Å². The Bertz CT molecular complexity index is 1440. The molecule has 0 radical (unpaired) electrons. The molecule has 10 heteroatoms. The summed E-state index contributed by atoms with van der Waals surface area (Å²) in [7, 11) is 4.79. The molecule has 1 unspecified atom stereocenters. The third-order valence-corrected chi connectivity index (χ3v) is 6.06. The molecule has 2 aromatic heterocycles. The zero-order valence-corrected chi connectivity index (χ0v) is 20.9. The fourth-order valence-electron chi connectivity index (χ4n) is 4.23. The summed E-state index contributed by atoms with van der Waals surface area (Å²) in [6, 6.07) is 16.0. The Balaban J connectivity index is 1.61. The van der Waals surface area contributed by atoms with Gasteiger partial charge >= 0.3 is 0 Å². The number of nitrogens with zero attached hydrogens (tertiary/aromatic N) is 4. The number of methoxy groups -OCH3 is 3. The number of fused-ring (bicyclic) bond motifs is 1. The minimum atomic E-state index is -0.549. The molecule has 10 nitrogen and oxygen atoms in total. The van der Waals surface area contributed by atoms with Gasteiger partial charge in [0, 0.05) is 23.5 Å². The molecule has 5 rings (SSSR count). The lowest BCUT2D eigenvalue weighted by molar-refractivity contribution is -0.113. The highest BCUT2D eigenvalue weighted by Gasteiger charge is 2.34. The van der Waals surface area contributed by atoms with Crippen molar-refractivity contribution >= 4 is 17.5 Å². The van der Waals surface area contributed by atoms with Crippen molar-refractivity contribution in [3.05, 3.63) is 83.8 Å². The van der Waals surface area contributed by atoms with Gasteiger partial charge in [-0.25, -0.2) is 4.68 Å². The summed E-state index contributed by atoms with van der Waals surface area (Å²) in [6.45, 7) is 1.85. The van der Waals surface area contributed by atoms with Crippen LogP contribution in [0, 0.1) is 0 Å². The molecule has 2 N–H and O–H groups in total. The molecule has 0 saturated heterocycles. The van der Waals surface area contributed by atoms with E-state index in [1.54, 1.807) is 56.6 Å². The first-order valence-corrected chi connectivity index (χ1v) is 11.5. The van der Waals surface area contributed by atoms with Crippen LogP contribution < -0.4 is 24.8 Å². The minimum Gasteiger partial charge on any atom is -0.497 e. The predicted molar refractivity (Wildman–Crippen MR) is 139 cm³/mol. The largest absolute Gasteiger partial charge is 0.497 e. The van der Waals surface area contributed by atoms with Crippen LogP contribution in [0.5, 0.6) is 17.2 Å². The number of ether oxygens (including phenoxy) is 3. The smallest absolute Gasteiger partial charge is 0.255 e. The van der Waals surface area contributed by atoms with E-state index in [-0.39, 0.29) is 5.91 Å². The standard InChI is InChI=1S/C27H26N6O4/c1-16-23(26(34)30-19-6-5-11-28-15-19)24(17-7-9-20(35-2)10-8-17)33-27(29-16)31-25(32-33)18-12-21(36-3)14-22(13-18)37-4/h5-15,24H,1-4H3,(H,30,34)(H,29,31,32). The van der Waals surface area contributed by atoms with Crippen molar-refractivity contribution in [3.8, 4) is 28.6 Å². The zero-order valence-electron chi connectivity index (χ0n) is 20.9. The maximum absolute atomic E-state index is 13.6. The van der Waals surface area contributed by atoms with Crippen molar-refractivity contribution in [2.45, 2.75) is 13.0 Å². The van der Waals surface area contributed by atoms with Gasteiger partial charge in [-0.2, -0.15) is 4.98 Å². The second kappa shape index (κ2) is 10.0. The number of rotatable bonds is 7. The molecule has 4 aromatic rings. The van der Waals surface area contributed by atoms with Crippen LogP contribution in [-0.2, 0) is 4.79 Å². The molecule has 0 aliphatic carbocycles. The predicted octanol–water partition coefficient (Wildman–Crippen LogP) is 4.29. The molecule has 1 aliphatic rings. The fourth-order valence-corrected chi connectivity index (χ4v) is 4.23. The Morgan fingerprint density at radius 3 is 2.30 bits per heavy atom. The van der Waals surface area contributed by atoms with Gasteiger partial charge in [-0.05, 0) is 48.9 Å². The first kappa shape index (κ1) is 23.9. The van der Waals surface area contributed by atoms with Gasteiger partial charge in [0.1, 0.15) is 23.3 Å². The van der Waals surface area contributed by atoms with Crippen LogP contribution in [0.1, 0.15) is 18.5 Å². The highest BCUT2D eigenvalue weighted by molar-refractivity contribution is 6.06. The first-order chi connectivity index (χ1) is 18.0. The van der Waals surface area contributed by atoms with Gasteiger partial charge in [0.2, 0.25) is 5.95 Å². The molecule has 37 heavy (non-hydrogen) atoms. The number of hydrogen-bond acceptors (Lipinski definition) is 8. The third-order valence-electron chi connectivity index (χ3n) is 6.06. The van der Waals surface area contributed by atoms with Crippen LogP contribution in [0.15, 0.2) is 78.3 Å². The Labute approximate surface area is 213 Å². The summed E-state index contributed by atoms with van der Waals surface area (Å²) in [5.74, 6) is 2.64. The van der Waals surface area contributed by atoms with E-state index in [1.165, 1.54) is 0 Å². The number of anilines is 2. The average molecular weight is 499 g/mol. The summed E-state index contributed by atoms with van der Waals surface area (Å²) >= 11 is 0. The number of hydrogen-bond donors (Lipinski definition) is 2. The lowest BCUT2D eigenvalue weighted by Gasteiger charge is -2.28. The summed E-state index contributed by atoms with van der Waals surface area (Å²) in [4.78, 5) is 22.4. The quantitative estimate of drug-likeness (QED) is 0.388. The van der Waals surface area contributed by atoms with Gasteiger partial charge in [-0.1, -0.05) is 12.1 Å². The van der Waals surface area contributed by atoms with E-state index in [0.717, 1.165) is 5.56 Å². The summed E-state index contributed by atoms with van der Waals surface area (Å²) in [5, 5.41) is 11.0. The normalized spacial score (nSPS) is 14.4. The number of carbonyl (C=O) groups is 1. The van der Waals surface area contributed by atoms with Crippen LogP contribution in [0.25, 0.3) is 11.4 Å². The molecule has 1 atom stereocenters. The lowest BCUT2D eigenvalue weighted by Crippen LogP contribution is -2.31. The number of amides is 1. The average Bonchev–Trinajstić information content (AvgIpc) is 3.36. The molecule has 1 aliphatic heterocycles. The number of nitrogens with one attached hydrogen (secondary N) is 2. The van der Waals surface area contributed by atoms with E-state index in [4.69, 9.17) is 24.3 Å². The van der Waals surface area contributed by atoms with E-state index >= 15 is 0 Å².